The highest BCUT2D eigenvalue weighted by Crippen LogP contribution is 2.32. The molecule has 148 valence electrons. The zero-order valence-corrected chi connectivity index (χ0v) is 16.7. The Morgan fingerprint density at radius 1 is 1.29 bits per heavy atom. The van der Waals surface area contributed by atoms with E-state index in [1.807, 2.05) is 39.2 Å². The maximum Gasteiger partial charge on any atom is 0.410 e. The summed E-state index contributed by atoms with van der Waals surface area (Å²) in [6.45, 7) is 9.03. The molecule has 0 saturated carbocycles. The van der Waals surface area contributed by atoms with E-state index in [9.17, 15) is 9.59 Å². The molecule has 1 saturated heterocycles. The van der Waals surface area contributed by atoms with Crippen LogP contribution in [0.2, 0.25) is 0 Å². The lowest BCUT2D eigenvalue weighted by atomic mass is 9.92. The molecule has 7 nitrogen and oxygen atoms in total. The average molecular weight is 382 g/mol. The number of hydrogen-bond donors (Lipinski definition) is 1. The molecule has 0 radical (unpaired) electrons. The van der Waals surface area contributed by atoms with Crippen LogP contribution in [-0.4, -0.2) is 44.2 Å². The van der Waals surface area contributed by atoms with E-state index in [1.54, 1.807) is 17.2 Å². The first-order chi connectivity index (χ1) is 13.2. The minimum atomic E-state index is -0.525. The van der Waals surface area contributed by atoms with Crippen molar-refractivity contribution in [2.45, 2.75) is 45.8 Å². The summed E-state index contributed by atoms with van der Waals surface area (Å²) in [4.78, 5) is 34.3. The molecule has 0 spiro atoms. The fourth-order valence-electron chi connectivity index (χ4n) is 3.94. The Labute approximate surface area is 163 Å². The van der Waals surface area contributed by atoms with Crippen molar-refractivity contribution >= 4 is 28.0 Å². The van der Waals surface area contributed by atoms with Gasteiger partial charge in [0.15, 0.2) is 5.43 Å². The van der Waals surface area contributed by atoms with E-state index >= 15 is 0 Å². The first-order valence-electron chi connectivity index (χ1n) is 9.69. The summed E-state index contributed by atoms with van der Waals surface area (Å²) in [5.74, 6) is 0.353. The van der Waals surface area contributed by atoms with E-state index in [0.717, 1.165) is 23.0 Å². The van der Waals surface area contributed by atoms with Crippen molar-refractivity contribution in [1.82, 2.24) is 19.4 Å². The van der Waals surface area contributed by atoms with E-state index in [2.05, 4.69) is 21.5 Å². The number of likely N-dealkylation sites (tertiary alicyclic amines) is 1. The molecule has 1 fully saturated rings. The molecule has 2 atom stereocenters. The van der Waals surface area contributed by atoms with Crippen LogP contribution in [0.25, 0.3) is 21.9 Å². The number of carbonyl (C=O) groups excluding carboxylic acids is 1. The zero-order chi connectivity index (χ0) is 20.1. The largest absolute Gasteiger partial charge is 0.444 e. The number of pyridine rings is 2. The number of aromatic amines is 1. The lowest BCUT2D eigenvalue weighted by molar-refractivity contribution is 0.0127. The van der Waals surface area contributed by atoms with E-state index in [1.165, 1.54) is 0 Å². The standard InChI is InChI=1S/C21H26N4O3/c1-13-6-9-24(20(27)28-21(2,3)4)12-16(13)25-10-7-17(26)15-11-23-19-14(18(15)25)5-8-22-19/h5,7-8,10-11,13,16H,6,9,12H2,1-4H3,(H,22,23). The van der Waals surface area contributed by atoms with Gasteiger partial charge in [0.2, 0.25) is 0 Å². The minimum absolute atomic E-state index is 0.0462. The molecule has 4 rings (SSSR count). The molecular formula is C21H26N4O3. The van der Waals surface area contributed by atoms with Crippen molar-refractivity contribution < 1.29 is 9.53 Å². The number of carbonyl (C=O) groups is 1. The summed E-state index contributed by atoms with van der Waals surface area (Å²) in [6.07, 6.45) is 5.89. The Balaban J connectivity index is 1.78. The van der Waals surface area contributed by atoms with E-state index in [4.69, 9.17) is 4.74 Å². The van der Waals surface area contributed by atoms with Crippen molar-refractivity contribution in [3.63, 3.8) is 0 Å². The van der Waals surface area contributed by atoms with E-state index in [0.29, 0.717) is 24.4 Å². The summed E-state index contributed by atoms with van der Waals surface area (Å²) < 4.78 is 7.71. The Bertz CT molecular complexity index is 1090. The minimum Gasteiger partial charge on any atom is -0.444 e. The summed E-state index contributed by atoms with van der Waals surface area (Å²) >= 11 is 0. The van der Waals surface area contributed by atoms with Crippen LogP contribution in [0.3, 0.4) is 0 Å². The number of aromatic nitrogens is 3. The van der Waals surface area contributed by atoms with Gasteiger partial charge in [-0.2, -0.15) is 0 Å². The van der Waals surface area contributed by atoms with Gasteiger partial charge >= 0.3 is 6.09 Å². The molecule has 1 aliphatic rings. The molecule has 28 heavy (non-hydrogen) atoms. The van der Waals surface area contributed by atoms with E-state index in [-0.39, 0.29) is 17.6 Å². The summed E-state index contributed by atoms with van der Waals surface area (Å²) in [6, 6.07) is 3.58. The van der Waals surface area contributed by atoms with Gasteiger partial charge in [0, 0.05) is 43.1 Å². The first kappa shape index (κ1) is 18.5. The molecule has 1 N–H and O–H groups in total. The number of ether oxygens (including phenoxy) is 1. The predicted molar refractivity (Wildman–Crippen MR) is 108 cm³/mol. The SMILES string of the molecule is CC1CCN(C(=O)OC(C)(C)C)CC1n1ccc(=O)c2cnc3[nH]ccc3c21. The van der Waals surface area contributed by atoms with Crippen molar-refractivity contribution in [1.29, 1.82) is 0 Å². The summed E-state index contributed by atoms with van der Waals surface area (Å²) in [5.41, 5.74) is 1.04. The van der Waals surface area contributed by atoms with Crippen molar-refractivity contribution in [3.05, 3.63) is 40.9 Å². The van der Waals surface area contributed by atoms with Gasteiger partial charge in [-0.1, -0.05) is 6.92 Å². The summed E-state index contributed by atoms with van der Waals surface area (Å²) in [5, 5.41) is 1.51. The molecular weight excluding hydrogens is 356 g/mol. The quantitative estimate of drug-likeness (QED) is 0.696. The van der Waals surface area contributed by atoms with Crippen LogP contribution in [0, 0.1) is 5.92 Å². The number of H-pyrrole nitrogens is 1. The van der Waals surface area contributed by atoms with Crippen LogP contribution in [0.4, 0.5) is 4.79 Å². The van der Waals surface area contributed by atoms with Crippen molar-refractivity contribution in [2.75, 3.05) is 13.1 Å². The molecule has 2 unspecified atom stereocenters. The van der Waals surface area contributed by atoms with E-state index < -0.39 is 5.60 Å². The molecule has 1 amide bonds. The number of rotatable bonds is 1. The molecule has 0 bridgehead atoms. The zero-order valence-electron chi connectivity index (χ0n) is 16.7. The monoisotopic (exact) mass is 382 g/mol. The third-order valence-electron chi connectivity index (χ3n) is 5.40. The number of amides is 1. The first-order valence-corrected chi connectivity index (χ1v) is 9.69. The maximum absolute atomic E-state index is 12.6. The number of nitrogens with one attached hydrogen (secondary N) is 1. The fourth-order valence-corrected chi connectivity index (χ4v) is 3.94. The number of piperidine rings is 1. The van der Waals surface area contributed by atoms with Crippen LogP contribution in [0.15, 0.2) is 35.5 Å². The Kier molecular flexibility index (Phi) is 4.40. The third-order valence-corrected chi connectivity index (χ3v) is 5.40. The van der Waals surface area contributed by atoms with Gasteiger partial charge in [0.1, 0.15) is 11.2 Å². The molecule has 0 aliphatic carbocycles. The van der Waals surface area contributed by atoms with Crippen LogP contribution < -0.4 is 5.43 Å². The van der Waals surface area contributed by atoms with Crippen LogP contribution in [0.5, 0.6) is 0 Å². The smallest absolute Gasteiger partial charge is 0.410 e. The van der Waals surface area contributed by atoms with Crippen LogP contribution >= 0.6 is 0 Å². The molecule has 7 heteroatoms. The van der Waals surface area contributed by atoms with Gasteiger partial charge in [0.05, 0.1) is 16.9 Å². The Hall–Kier alpha value is -2.83. The van der Waals surface area contributed by atoms with Gasteiger partial charge in [-0.05, 0) is 39.2 Å². The van der Waals surface area contributed by atoms with Gasteiger partial charge < -0.3 is 19.2 Å². The lowest BCUT2D eigenvalue weighted by Gasteiger charge is -2.39. The van der Waals surface area contributed by atoms with Crippen LogP contribution in [0.1, 0.15) is 40.2 Å². The molecule has 3 aromatic rings. The summed E-state index contributed by atoms with van der Waals surface area (Å²) in [7, 11) is 0. The molecule has 3 aromatic heterocycles. The number of nitrogens with zero attached hydrogens (tertiary/aromatic N) is 3. The maximum atomic E-state index is 12.6. The second kappa shape index (κ2) is 6.65. The van der Waals surface area contributed by atoms with Gasteiger partial charge in [-0.25, -0.2) is 9.78 Å². The molecule has 0 aromatic carbocycles. The lowest BCUT2D eigenvalue weighted by Crippen LogP contribution is -2.46. The highest BCUT2D eigenvalue weighted by atomic mass is 16.6. The highest BCUT2D eigenvalue weighted by molar-refractivity contribution is 6.02. The third kappa shape index (κ3) is 3.25. The van der Waals surface area contributed by atoms with Crippen molar-refractivity contribution in [3.8, 4) is 0 Å². The number of fused-ring (bicyclic) bond motifs is 3. The second-order valence-electron chi connectivity index (χ2n) is 8.61. The van der Waals surface area contributed by atoms with Gasteiger partial charge in [-0.3, -0.25) is 4.79 Å². The molecule has 1 aliphatic heterocycles. The normalized spacial score (nSPS) is 20.6. The second-order valence-corrected chi connectivity index (χ2v) is 8.61. The topological polar surface area (TPSA) is 80.2 Å². The number of hydrogen-bond acceptors (Lipinski definition) is 4. The predicted octanol–water partition coefficient (Wildman–Crippen LogP) is 3.70. The molecule has 4 heterocycles. The fraction of sp³-hybridized carbons (Fsp3) is 0.476. The van der Waals surface area contributed by atoms with Gasteiger partial charge in [0.25, 0.3) is 0 Å². The Morgan fingerprint density at radius 2 is 2.07 bits per heavy atom. The van der Waals surface area contributed by atoms with Crippen molar-refractivity contribution in [2.24, 2.45) is 5.92 Å². The van der Waals surface area contributed by atoms with Crippen LogP contribution in [-0.2, 0) is 4.74 Å². The average Bonchev–Trinajstić information content (AvgIpc) is 3.10. The van der Waals surface area contributed by atoms with Gasteiger partial charge in [-0.15, -0.1) is 0 Å². The Morgan fingerprint density at radius 3 is 2.82 bits per heavy atom. The highest BCUT2D eigenvalue weighted by Gasteiger charge is 2.33.